The second kappa shape index (κ2) is 12.3. The lowest BCUT2D eigenvalue weighted by Crippen LogP contribution is -2.46. The molecule has 0 fully saturated rings. The van der Waals surface area contributed by atoms with E-state index >= 15 is 0 Å². The van der Waals surface area contributed by atoms with E-state index < -0.39 is 5.82 Å². The molecule has 0 N–H and O–H groups in total. The highest BCUT2D eigenvalue weighted by atomic mass is 19.1. The second-order valence-electron chi connectivity index (χ2n) is 9.27. The lowest BCUT2D eigenvalue weighted by atomic mass is 10.0. The zero-order chi connectivity index (χ0) is 25.3. The smallest absolute Gasteiger partial charge is 0.257 e. The second-order valence-corrected chi connectivity index (χ2v) is 9.27. The van der Waals surface area contributed by atoms with Gasteiger partial charge in [0.15, 0.2) is 0 Å². The van der Waals surface area contributed by atoms with Gasteiger partial charge in [0.1, 0.15) is 18.2 Å². The van der Waals surface area contributed by atoms with Crippen LogP contribution in [0.15, 0.2) is 78.9 Å². The number of benzene rings is 3. The van der Waals surface area contributed by atoms with Gasteiger partial charge in [-0.15, -0.1) is 0 Å². The first kappa shape index (κ1) is 25.4. The van der Waals surface area contributed by atoms with Crippen LogP contribution in [0.3, 0.4) is 0 Å². The fourth-order valence-electron chi connectivity index (χ4n) is 4.63. The Kier molecular flexibility index (Phi) is 8.71. The Morgan fingerprint density at radius 3 is 2.33 bits per heavy atom. The average Bonchev–Trinajstić information content (AvgIpc) is 2.90. The van der Waals surface area contributed by atoms with Gasteiger partial charge in [-0.2, -0.15) is 0 Å². The topological polar surface area (TPSA) is 49.9 Å². The number of fused-ring (bicyclic) bond motifs is 1. The third-order valence-electron chi connectivity index (χ3n) is 6.66. The Balaban J connectivity index is 1.70. The van der Waals surface area contributed by atoms with Crippen molar-refractivity contribution < 1.29 is 18.7 Å². The first-order chi connectivity index (χ1) is 17.5. The Labute approximate surface area is 212 Å². The van der Waals surface area contributed by atoms with Gasteiger partial charge in [0.2, 0.25) is 0 Å². The molecule has 2 amide bonds. The number of carbonyl (C=O) groups excluding carboxylic acids is 2. The lowest BCUT2D eigenvalue weighted by Gasteiger charge is -2.33. The first-order valence-electron chi connectivity index (χ1n) is 12.6. The van der Waals surface area contributed by atoms with Gasteiger partial charge in [-0.05, 0) is 49.1 Å². The predicted molar refractivity (Wildman–Crippen MR) is 139 cm³/mol. The Morgan fingerprint density at radius 1 is 0.889 bits per heavy atom. The van der Waals surface area contributed by atoms with E-state index in [2.05, 4.69) is 0 Å². The largest absolute Gasteiger partial charge is 0.491 e. The third kappa shape index (κ3) is 6.30. The number of rotatable bonds is 3. The number of carbonyl (C=O) groups is 2. The maximum atomic E-state index is 14.6. The fraction of sp³-hybridized carbons (Fsp3) is 0.333. The van der Waals surface area contributed by atoms with Gasteiger partial charge in [0.25, 0.3) is 11.8 Å². The average molecular weight is 489 g/mol. The molecule has 36 heavy (non-hydrogen) atoms. The van der Waals surface area contributed by atoms with Crippen LogP contribution in [-0.4, -0.2) is 54.4 Å². The zero-order valence-electron chi connectivity index (χ0n) is 20.7. The van der Waals surface area contributed by atoms with Crippen LogP contribution in [0.5, 0.6) is 5.75 Å². The molecule has 3 aromatic rings. The van der Waals surface area contributed by atoms with Crippen LogP contribution in [0, 0.1) is 5.82 Å². The highest BCUT2D eigenvalue weighted by molar-refractivity contribution is 5.97. The number of nitrogens with zero attached hydrogens (tertiary/aromatic N) is 2. The fourth-order valence-corrected chi connectivity index (χ4v) is 4.63. The molecule has 1 aliphatic rings. The highest BCUT2D eigenvalue weighted by Gasteiger charge is 2.28. The summed E-state index contributed by atoms with van der Waals surface area (Å²) in [5.41, 5.74) is 1.62. The molecule has 188 valence electrons. The van der Waals surface area contributed by atoms with Gasteiger partial charge >= 0.3 is 0 Å². The molecule has 1 atom stereocenters. The number of halogens is 1. The molecule has 0 saturated heterocycles. The van der Waals surface area contributed by atoms with Gasteiger partial charge in [-0.25, -0.2) is 4.39 Å². The molecule has 1 aliphatic heterocycles. The third-order valence-corrected chi connectivity index (χ3v) is 6.66. The summed E-state index contributed by atoms with van der Waals surface area (Å²) < 4.78 is 20.9. The molecule has 0 unspecified atom stereocenters. The van der Waals surface area contributed by atoms with Crippen molar-refractivity contribution in [2.24, 2.45) is 0 Å². The van der Waals surface area contributed by atoms with Crippen molar-refractivity contribution in [3.63, 3.8) is 0 Å². The van der Waals surface area contributed by atoms with Crippen molar-refractivity contribution in [2.75, 3.05) is 26.7 Å². The van der Waals surface area contributed by atoms with Crippen molar-refractivity contribution in [3.8, 4) is 5.75 Å². The number of hydrogen-bond acceptors (Lipinski definition) is 3. The Morgan fingerprint density at radius 2 is 1.56 bits per heavy atom. The molecule has 0 radical (unpaired) electrons. The summed E-state index contributed by atoms with van der Waals surface area (Å²) in [4.78, 5) is 30.3. The van der Waals surface area contributed by atoms with Gasteiger partial charge in [-0.3, -0.25) is 9.59 Å². The SMILES string of the molecule is CN1CCCCCCN(C(=O)c2ccccc2F)[C@H](Cc2ccccc2)COc2ccccc2C1=O. The summed E-state index contributed by atoms with van der Waals surface area (Å²) in [6, 6.07) is 22.9. The van der Waals surface area contributed by atoms with E-state index in [-0.39, 0.29) is 30.0 Å². The highest BCUT2D eigenvalue weighted by Crippen LogP contribution is 2.23. The minimum Gasteiger partial charge on any atom is -0.491 e. The van der Waals surface area contributed by atoms with E-state index in [4.69, 9.17) is 4.74 Å². The van der Waals surface area contributed by atoms with Crippen molar-refractivity contribution in [3.05, 3.63) is 101 Å². The quantitative estimate of drug-likeness (QED) is 0.482. The molecule has 6 heteroatoms. The minimum atomic E-state index is -0.528. The Hall–Kier alpha value is -3.67. The van der Waals surface area contributed by atoms with E-state index in [9.17, 15) is 14.0 Å². The maximum Gasteiger partial charge on any atom is 0.257 e. The molecule has 5 nitrogen and oxygen atoms in total. The van der Waals surface area contributed by atoms with Crippen molar-refractivity contribution in [1.29, 1.82) is 0 Å². The molecule has 0 saturated carbocycles. The maximum absolute atomic E-state index is 14.6. The van der Waals surface area contributed by atoms with Gasteiger partial charge < -0.3 is 14.5 Å². The molecular weight excluding hydrogens is 455 g/mol. The predicted octanol–water partition coefficient (Wildman–Crippen LogP) is 5.60. The lowest BCUT2D eigenvalue weighted by molar-refractivity contribution is 0.0595. The van der Waals surface area contributed by atoms with Crippen LogP contribution in [0.2, 0.25) is 0 Å². The molecule has 0 bridgehead atoms. The molecule has 0 aliphatic carbocycles. The molecule has 4 rings (SSSR count). The van der Waals surface area contributed by atoms with Crippen LogP contribution in [0.25, 0.3) is 0 Å². The number of ether oxygens (including phenoxy) is 1. The molecule has 0 spiro atoms. The van der Waals surface area contributed by atoms with Gasteiger partial charge in [0, 0.05) is 20.1 Å². The first-order valence-corrected chi connectivity index (χ1v) is 12.6. The van der Waals surface area contributed by atoms with E-state index in [1.807, 2.05) is 49.5 Å². The summed E-state index contributed by atoms with van der Waals surface area (Å²) in [7, 11) is 1.82. The zero-order valence-corrected chi connectivity index (χ0v) is 20.7. The standard InChI is InChI=1S/C30H33FN2O3/c1-32-19-11-2-3-12-20-33(30(35)25-15-7-9-17-27(25)31)24(21-23-13-5-4-6-14-23)22-36-28-18-10-8-16-26(28)29(32)34/h4-10,13-18,24H,2-3,11-12,19-22H2,1H3/t24-/m1/s1. The molecular formula is C30H33FN2O3. The summed E-state index contributed by atoms with van der Waals surface area (Å²) in [5, 5.41) is 0. The van der Waals surface area contributed by atoms with E-state index in [0.29, 0.717) is 30.8 Å². The Bertz CT molecular complexity index is 1170. The molecule has 0 aromatic heterocycles. The minimum absolute atomic E-state index is 0.0638. The van der Waals surface area contributed by atoms with Crippen molar-refractivity contribution in [1.82, 2.24) is 9.80 Å². The van der Waals surface area contributed by atoms with Crippen molar-refractivity contribution in [2.45, 2.75) is 38.1 Å². The van der Waals surface area contributed by atoms with Gasteiger partial charge in [-0.1, -0.05) is 67.4 Å². The van der Waals surface area contributed by atoms with Crippen LogP contribution in [0.1, 0.15) is 52.0 Å². The summed E-state index contributed by atoms with van der Waals surface area (Å²) >= 11 is 0. The van der Waals surface area contributed by atoms with E-state index in [0.717, 1.165) is 31.2 Å². The summed E-state index contributed by atoms with van der Waals surface area (Å²) in [6.45, 7) is 1.34. The van der Waals surface area contributed by atoms with Crippen LogP contribution in [-0.2, 0) is 6.42 Å². The van der Waals surface area contributed by atoms with Crippen molar-refractivity contribution >= 4 is 11.8 Å². The van der Waals surface area contributed by atoms with Crippen LogP contribution in [0.4, 0.5) is 4.39 Å². The van der Waals surface area contributed by atoms with Gasteiger partial charge in [0.05, 0.1) is 17.2 Å². The number of amides is 2. The molecule has 1 heterocycles. The summed E-state index contributed by atoms with van der Waals surface area (Å²) in [6.07, 6.45) is 4.08. The summed E-state index contributed by atoms with van der Waals surface area (Å²) in [5.74, 6) is -0.460. The van der Waals surface area contributed by atoms with E-state index in [1.54, 1.807) is 34.1 Å². The normalized spacial score (nSPS) is 17.6. The van der Waals surface area contributed by atoms with Crippen LogP contribution >= 0.6 is 0 Å². The van der Waals surface area contributed by atoms with E-state index in [1.165, 1.54) is 12.1 Å². The number of hydrogen-bond donors (Lipinski definition) is 0. The monoisotopic (exact) mass is 488 g/mol. The van der Waals surface area contributed by atoms with Crippen LogP contribution < -0.4 is 4.74 Å². The molecule has 3 aromatic carbocycles. The number of para-hydroxylation sites is 1.